The van der Waals surface area contributed by atoms with Gasteiger partial charge in [-0.1, -0.05) is 18.9 Å². The second-order valence-electron chi connectivity index (χ2n) is 5.46. The molecule has 0 aromatic heterocycles. The molecule has 1 aromatic carbocycles. The van der Waals surface area contributed by atoms with Crippen LogP contribution < -0.4 is 4.74 Å². The lowest BCUT2D eigenvalue weighted by atomic mass is 9.85. The van der Waals surface area contributed by atoms with Gasteiger partial charge in [0.2, 0.25) is 0 Å². The summed E-state index contributed by atoms with van der Waals surface area (Å²) in [6.07, 6.45) is 4.31. The molecule has 1 fully saturated rings. The van der Waals surface area contributed by atoms with E-state index in [4.69, 9.17) is 4.74 Å². The van der Waals surface area contributed by atoms with Gasteiger partial charge in [-0.05, 0) is 36.8 Å². The van der Waals surface area contributed by atoms with Crippen molar-refractivity contribution < 1.29 is 19.6 Å². The topological polar surface area (TPSA) is 89.7 Å². The molecule has 1 aromatic rings. The van der Waals surface area contributed by atoms with Gasteiger partial charge in [0.05, 0.1) is 18.0 Å². The fraction of sp³-hybridized carbons (Fsp3) is 0.533. The molecule has 6 heteroatoms. The summed E-state index contributed by atoms with van der Waals surface area (Å²) in [6, 6.07) is 4.65. The van der Waals surface area contributed by atoms with Crippen LogP contribution in [-0.2, 0) is 11.2 Å². The molecule has 0 saturated heterocycles. The second-order valence-corrected chi connectivity index (χ2v) is 5.46. The third-order valence-electron chi connectivity index (χ3n) is 4.18. The van der Waals surface area contributed by atoms with Gasteiger partial charge in [-0.25, -0.2) is 0 Å². The van der Waals surface area contributed by atoms with Gasteiger partial charge in [0, 0.05) is 6.07 Å². The van der Waals surface area contributed by atoms with Crippen molar-refractivity contribution in [3.05, 3.63) is 33.9 Å². The molecule has 1 aliphatic carbocycles. The maximum atomic E-state index is 11.5. The van der Waals surface area contributed by atoms with Gasteiger partial charge in [-0.3, -0.25) is 14.9 Å². The van der Waals surface area contributed by atoms with Crippen LogP contribution in [0.5, 0.6) is 5.75 Å². The van der Waals surface area contributed by atoms with Crippen molar-refractivity contribution in [2.75, 3.05) is 7.11 Å². The first-order valence-corrected chi connectivity index (χ1v) is 7.07. The van der Waals surface area contributed by atoms with E-state index < -0.39 is 16.8 Å². The average molecular weight is 293 g/mol. The van der Waals surface area contributed by atoms with Crippen molar-refractivity contribution in [3.63, 3.8) is 0 Å². The predicted molar refractivity (Wildman–Crippen MR) is 76.4 cm³/mol. The Hall–Kier alpha value is -2.11. The molecule has 0 radical (unpaired) electrons. The zero-order chi connectivity index (χ0) is 15.4. The number of hydrogen-bond donors (Lipinski definition) is 1. The van der Waals surface area contributed by atoms with Crippen molar-refractivity contribution in [3.8, 4) is 5.75 Å². The molecule has 21 heavy (non-hydrogen) atoms. The Balaban J connectivity index is 2.22. The van der Waals surface area contributed by atoms with Crippen LogP contribution in [0.15, 0.2) is 18.2 Å². The van der Waals surface area contributed by atoms with Gasteiger partial charge in [-0.2, -0.15) is 0 Å². The lowest BCUT2D eigenvalue weighted by molar-refractivity contribution is -0.385. The van der Waals surface area contributed by atoms with Gasteiger partial charge >= 0.3 is 11.7 Å². The minimum atomic E-state index is -0.819. The average Bonchev–Trinajstić information content (AvgIpc) is 2.97. The summed E-state index contributed by atoms with van der Waals surface area (Å²) in [5.74, 6) is -0.930. The van der Waals surface area contributed by atoms with Gasteiger partial charge in [0.1, 0.15) is 0 Å². The molecule has 0 amide bonds. The van der Waals surface area contributed by atoms with E-state index >= 15 is 0 Å². The van der Waals surface area contributed by atoms with Crippen LogP contribution in [0.1, 0.15) is 31.2 Å². The Kier molecular flexibility index (Phi) is 4.77. The first-order valence-electron chi connectivity index (χ1n) is 7.07. The smallest absolute Gasteiger partial charge is 0.311 e. The van der Waals surface area contributed by atoms with Crippen molar-refractivity contribution in [2.24, 2.45) is 11.8 Å². The number of rotatable bonds is 6. The number of benzene rings is 1. The molecule has 1 N–H and O–H groups in total. The Morgan fingerprint density at radius 2 is 2.14 bits per heavy atom. The zero-order valence-electron chi connectivity index (χ0n) is 11.9. The van der Waals surface area contributed by atoms with Crippen LogP contribution in [0, 0.1) is 22.0 Å². The maximum absolute atomic E-state index is 11.5. The van der Waals surface area contributed by atoms with E-state index in [0.717, 1.165) is 25.7 Å². The van der Waals surface area contributed by atoms with Crippen LogP contribution in [0.2, 0.25) is 0 Å². The van der Waals surface area contributed by atoms with E-state index in [1.54, 1.807) is 6.07 Å². The number of ether oxygens (including phenoxy) is 1. The van der Waals surface area contributed by atoms with E-state index in [0.29, 0.717) is 12.0 Å². The Labute approximate surface area is 122 Å². The fourth-order valence-electron chi connectivity index (χ4n) is 3.07. The van der Waals surface area contributed by atoms with Crippen LogP contribution in [0.4, 0.5) is 5.69 Å². The molecule has 6 nitrogen and oxygen atoms in total. The first-order chi connectivity index (χ1) is 10.0. The highest BCUT2D eigenvalue weighted by Gasteiger charge is 2.31. The summed E-state index contributed by atoms with van der Waals surface area (Å²) in [7, 11) is 1.38. The van der Waals surface area contributed by atoms with Crippen molar-refractivity contribution in [2.45, 2.75) is 32.1 Å². The first kappa shape index (κ1) is 15.3. The van der Waals surface area contributed by atoms with E-state index in [9.17, 15) is 20.0 Å². The van der Waals surface area contributed by atoms with Gasteiger partial charge in [-0.15, -0.1) is 0 Å². The molecule has 1 aliphatic rings. The monoisotopic (exact) mass is 293 g/mol. The number of aliphatic carboxylic acids is 1. The largest absolute Gasteiger partial charge is 0.490 e. The Morgan fingerprint density at radius 1 is 1.48 bits per heavy atom. The SMILES string of the molecule is COc1ccc(CC(C(=O)O)C2CCCC2)cc1[N+](=O)[O-]. The molecular formula is C15H19NO5. The van der Waals surface area contributed by atoms with Crippen molar-refractivity contribution >= 4 is 11.7 Å². The highest BCUT2D eigenvalue weighted by molar-refractivity contribution is 5.71. The van der Waals surface area contributed by atoms with Gasteiger partial charge in [0.15, 0.2) is 5.75 Å². The summed E-state index contributed by atoms with van der Waals surface area (Å²) < 4.78 is 4.96. The third-order valence-corrected chi connectivity index (χ3v) is 4.18. The number of carboxylic acids is 1. The lowest BCUT2D eigenvalue weighted by Crippen LogP contribution is -2.24. The van der Waals surface area contributed by atoms with E-state index in [2.05, 4.69) is 0 Å². The summed E-state index contributed by atoms with van der Waals surface area (Å²) >= 11 is 0. The number of hydrogen-bond acceptors (Lipinski definition) is 4. The highest BCUT2D eigenvalue weighted by Crippen LogP contribution is 2.35. The lowest BCUT2D eigenvalue weighted by Gasteiger charge is -2.19. The third kappa shape index (κ3) is 3.51. The Bertz CT molecular complexity index is 537. The standard InChI is InChI=1S/C15H19NO5/c1-21-14-7-6-10(9-13(14)16(19)20)8-12(15(17)18)11-4-2-3-5-11/h6-7,9,11-12H,2-5,8H2,1H3,(H,17,18). The summed E-state index contributed by atoms with van der Waals surface area (Å²) in [5, 5.41) is 20.4. The van der Waals surface area contributed by atoms with E-state index in [-0.39, 0.29) is 17.4 Å². The zero-order valence-corrected chi connectivity index (χ0v) is 11.9. The minimum absolute atomic E-state index is 0.120. The highest BCUT2D eigenvalue weighted by atomic mass is 16.6. The van der Waals surface area contributed by atoms with Crippen LogP contribution in [0.25, 0.3) is 0 Å². The van der Waals surface area contributed by atoms with Crippen LogP contribution in [0.3, 0.4) is 0 Å². The quantitative estimate of drug-likeness (QED) is 0.643. The van der Waals surface area contributed by atoms with Crippen molar-refractivity contribution in [1.29, 1.82) is 0 Å². The molecule has 1 atom stereocenters. The van der Waals surface area contributed by atoms with E-state index in [1.165, 1.54) is 19.2 Å². The summed E-state index contributed by atoms with van der Waals surface area (Å²) in [5.41, 5.74) is 0.548. The predicted octanol–water partition coefficient (Wildman–Crippen LogP) is 3.04. The molecule has 0 aliphatic heterocycles. The molecule has 0 heterocycles. The number of nitro benzene ring substituents is 1. The second kappa shape index (κ2) is 6.56. The fourth-order valence-corrected chi connectivity index (χ4v) is 3.07. The van der Waals surface area contributed by atoms with Crippen molar-refractivity contribution in [1.82, 2.24) is 0 Å². The molecule has 1 unspecified atom stereocenters. The number of nitrogens with zero attached hydrogens (tertiary/aromatic N) is 1. The van der Waals surface area contributed by atoms with Crippen LogP contribution >= 0.6 is 0 Å². The van der Waals surface area contributed by atoms with Gasteiger partial charge in [0.25, 0.3) is 0 Å². The molecule has 1 saturated carbocycles. The van der Waals surface area contributed by atoms with E-state index in [1.807, 2.05) is 0 Å². The minimum Gasteiger partial charge on any atom is -0.490 e. The number of carbonyl (C=O) groups is 1. The summed E-state index contributed by atoms with van der Waals surface area (Å²) in [4.78, 5) is 22.0. The molecular weight excluding hydrogens is 274 g/mol. The molecule has 0 bridgehead atoms. The Morgan fingerprint density at radius 3 is 2.67 bits per heavy atom. The number of nitro groups is 1. The molecule has 2 rings (SSSR count). The number of carboxylic acid groups (broad SMARTS) is 1. The normalized spacial score (nSPS) is 16.6. The van der Waals surface area contributed by atoms with Gasteiger partial charge < -0.3 is 9.84 Å². The molecule has 0 spiro atoms. The maximum Gasteiger partial charge on any atom is 0.311 e. The molecule has 114 valence electrons. The van der Waals surface area contributed by atoms with Crippen LogP contribution in [-0.4, -0.2) is 23.1 Å². The number of methoxy groups -OCH3 is 1. The summed E-state index contributed by atoms with van der Waals surface area (Å²) in [6.45, 7) is 0.